The third-order valence-electron chi connectivity index (χ3n) is 3.89. The summed E-state index contributed by atoms with van der Waals surface area (Å²) in [6, 6.07) is 9.44. The lowest BCUT2D eigenvalue weighted by atomic mass is 10.1. The summed E-state index contributed by atoms with van der Waals surface area (Å²) >= 11 is 0. The van der Waals surface area contributed by atoms with E-state index in [0.717, 1.165) is 31.5 Å². The third-order valence-corrected chi connectivity index (χ3v) is 3.89. The first-order chi connectivity index (χ1) is 9.15. The first kappa shape index (κ1) is 14.5. The van der Waals surface area contributed by atoms with Gasteiger partial charge in [0, 0.05) is 12.6 Å². The van der Waals surface area contributed by atoms with Crippen LogP contribution in [0.15, 0.2) is 24.3 Å². The van der Waals surface area contributed by atoms with Crippen LogP contribution in [0.2, 0.25) is 0 Å². The second-order valence-corrected chi connectivity index (χ2v) is 6.40. The van der Waals surface area contributed by atoms with Crippen LogP contribution in [0.5, 0.6) is 0 Å². The Kier molecular flexibility index (Phi) is 5.41. The number of nitrogens with one attached hydrogen (secondary N) is 2. The molecule has 2 heteroatoms. The van der Waals surface area contributed by atoms with E-state index in [9.17, 15) is 0 Å². The minimum Gasteiger partial charge on any atom is -0.315 e. The number of hydrogen-bond acceptors (Lipinski definition) is 2. The van der Waals surface area contributed by atoms with Crippen molar-refractivity contribution >= 4 is 0 Å². The SMILES string of the molecule is CC(C)CNCC(C)NCC1Cc2ccccc2C1. The van der Waals surface area contributed by atoms with Gasteiger partial charge in [0.1, 0.15) is 0 Å². The molecule has 2 rings (SSSR count). The van der Waals surface area contributed by atoms with E-state index in [1.54, 1.807) is 11.1 Å². The lowest BCUT2D eigenvalue weighted by Gasteiger charge is -2.18. The van der Waals surface area contributed by atoms with E-state index in [4.69, 9.17) is 0 Å². The zero-order chi connectivity index (χ0) is 13.7. The smallest absolute Gasteiger partial charge is 0.0164 e. The van der Waals surface area contributed by atoms with E-state index in [1.165, 1.54) is 12.8 Å². The van der Waals surface area contributed by atoms with Gasteiger partial charge in [-0.1, -0.05) is 38.1 Å². The van der Waals surface area contributed by atoms with Crippen molar-refractivity contribution in [2.45, 2.75) is 39.7 Å². The molecule has 106 valence electrons. The molecule has 0 fully saturated rings. The average Bonchev–Trinajstić information content (AvgIpc) is 2.78. The van der Waals surface area contributed by atoms with E-state index in [0.29, 0.717) is 6.04 Å². The van der Waals surface area contributed by atoms with Gasteiger partial charge < -0.3 is 10.6 Å². The normalized spacial score (nSPS) is 16.8. The van der Waals surface area contributed by atoms with Crippen molar-refractivity contribution in [1.29, 1.82) is 0 Å². The summed E-state index contributed by atoms with van der Waals surface area (Å²) < 4.78 is 0. The van der Waals surface area contributed by atoms with Gasteiger partial charge in [-0.3, -0.25) is 0 Å². The Balaban J connectivity index is 1.65. The minimum absolute atomic E-state index is 0.558. The predicted octanol–water partition coefficient (Wildman–Crippen LogP) is 2.63. The van der Waals surface area contributed by atoms with Crippen molar-refractivity contribution in [3.63, 3.8) is 0 Å². The summed E-state index contributed by atoms with van der Waals surface area (Å²) in [7, 11) is 0. The molecule has 0 saturated carbocycles. The fourth-order valence-corrected chi connectivity index (χ4v) is 2.82. The summed E-state index contributed by atoms with van der Waals surface area (Å²) in [4.78, 5) is 0. The van der Waals surface area contributed by atoms with Crippen LogP contribution in [-0.2, 0) is 12.8 Å². The second kappa shape index (κ2) is 7.06. The molecule has 1 aromatic carbocycles. The van der Waals surface area contributed by atoms with Crippen LogP contribution in [0, 0.1) is 11.8 Å². The lowest BCUT2D eigenvalue weighted by molar-refractivity contribution is 0.425. The van der Waals surface area contributed by atoms with Crippen LogP contribution in [0.25, 0.3) is 0 Å². The molecule has 1 aromatic rings. The van der Waals surface area contributed by atoms with Crippen LogP contribution in [-0.4, -0.2) is 25.7 Å². The molecule has 0 saturated heterocycles. The molecule has 0 aliphatic heterocycles. The van der Waals surface area contributed by atoms with Gasteiger partial charge in [0.05, 0.1) is 0 Å². The standard InChI is InChI=1S/C17H28N2/c1-13(2)10-18-11-14(3)19-12-15-8-16-6-4-5-7-17(16)9-15/h4-7,13-15,18-19H,8-12H2,1-3H3. The first-order valence-corrected chi connectivity index (χ1v) is 7.66. The molecule has 0 radical (unpaired) electrons. The molecule has 1 aliphatic rings. The van der Waals surface area contributed by atoms with E-state index < -0.39 is 0 Å². The maximum absolute atomic E-state index is 3.67. The van der Waals surface area contributed by atoms with Crippen molar-refractivity contribution in [3.05, 3.63) is 35.4 Å². The number of fused-ring (bicyclic) bond motifs is 1. The highest BCUT2D eigenvalue weighted by atomic mass is 15.0. The molecule has 0 spiro atoms. The number of rotatable bonds is 7. The van der Waals surface area contributed by atoms with Crippen molar-refractivity contribution in [2.24, 2.45) is 11.8 Å². The van der Waals surface area contributed by atoms with Crippen LogP contribution >= 0.6 is 0 Å². The molecule has 1 aliphatic carbocycles. The lowest BCUT2D eigenvalue weighted by Crippen LogP contribution is -2.39. The van der Waals surface area contributed by atoms with Gasteiger partial charge in [-0.25, -0.2) is 0 Å². The molecular weight excluding hydrogens is 232 g/mol. The van der Waals surface area contributed by atoms with E-state index >= 15 is 0 Å². The predicted molar refractivity (Wildman–Crippen MR) is 82.5 cm³/mol. The average molecular weight is 260 g/mol. The highest BCUT2D eigenvalue weighted by Gasteiger charge is 2.20. The van der Waals surface area contributed by atoms with E-state index in [1.807, 2.05) is 0 Å². The second-order valence-electron chi connectivity index (χ2n) is 6.40. The van der Waals surface area contributed by atoms with Crippen LogP contribution in [0.4, 0.5) is 0 Å². The molecule has 0 bridgehead atoms. The molecule has 2 N–H and O–H groups in total. The molecular formula is C17H28N2. The Labute approximate surface area is 118 Å². The molecule has 2 nitrogen and oxygen atoms in total. The van der Waals surface area contributed by atoms with Gasteiger partial charge in [-0.2, -0.15) is 0 Å². The van der Waals surface area contributed by atoms with Gasteiger partial charge in [-0.05, 0) is 55.8 Å². The van der Waals surface area contributed by atoms with Gasteiger partial charge in [0.25, 0.3) is 0 Å². The summed E-state index contributed by atoms with van der Waals surface area (Å²) in [5.74, 6) is 1.52. The Morgan fingerprint density at radius 1 is 1.05 bits per heavy atom. The minimum atomic E-state index is 0.558. The molecule has 0 heterocycles. The Hall–Kier alpha value is -0.860. The zero-order valence-electron chi connectivity index (χ0n) is 12.6. The molecule has 1 unspecified atom stereocenters. The molecule has 0 aromatic heterocycles. The third kappa shape index (κ3) is 4.63. The van der Waals surface area contributed by atoms with Crippen LogP contribution in [0.3, 0.4) is 0 Å². The summed E-state index contributed by atoms with van der Waals surface area (Å²) in [6.07, 6.45) is 2.49. The van der Waals surface area contributed by atoms with Crippen LogP contribution < -0.4 is 10.6 Å². The summed E-state index contributed by atoms with van der Waals surface area (Å²) in [5, 5.41) is 7.19. The molecule has 1 atom stereocenters. The van der Waals surface area contributed by atoms with Gasteiger partial charge in [0.2, 0.25) is 0 Å². The monoisotopic (exact) mass is 260 g/mol. The Morgan fingerprint density at radius 2 is 1.68 bits per heavy atom. The Morgan fingerprint density at radius 3 is 2.26 bits per heavy atom. The molecule has 0 amide bonds. The van der Waals surface area contributed by atoms with Crippen molar-refractivity contribution in [1.82, 2.24) is 10.6 Å². The highest BCUT2D eigenvalue weighted by Crippen LogP contribution is 2.25. The van der Waals surface area contributed by atoms with Crippen molar-refractivity contribution in [2.75, 3.05) is 19.6 Å². The zero-order valence-corrected chi connectivity index (χ0v) is 12.6. The van der Waals surface area contributed by atoms with Crippen LogP contribution in [0.1, 0.15) is 31.9 Å². The van der Waals surface area contributed by atoms with E-state index in [-0.39, 0.29) is 0 Å². The fraction of sp³-hybridized carbons (Fsp3) is 0.647. The van der Waals surface area contributed by atoms with Crippen molar-refractivity contribution in [3.8, 4) is 0 Å². The summed E-state index contributed by atoms with van der Waals surface area (Å²) in [6.45, 7) is 10.1. The first-order valence-electron chi connectivity index (χ1n) is 7.66. The maximum atomic E-state index is 3.67. The number of hydrogen-bond donors (Lipinski definition) is 2. The molecule has 19 heavy (non-hydrogen) atoms. The Bertz CT molecular complexity index is 362. The van der Waals surface area contributed by atoms with Gasteiger partial charge >= 0.3 is 0 Å². The highest BCUT2D eigenvalue weighted by molar-refractivity contribution is 5.32. The summed E-state index contributed by atoms with van der Waals surface area (Å²) in [5.41, 5.74) is 3.11. The van der Waals surface area contributed by atoms with Gasteiger partial charge in [0.15, 0.2) is 0 Å². The largest absolute Gasteiger partial charge is 0.315 e. The maximum Gasteiger partial charge on any atom is 0.0164 e. The topological polar surface area (TPSA) is 24.1 Å². The van der Waals surface area contributed by atoms with Crippen molar-refractivity contribution < 1.29 is 0 Å². The fourth-order valence-electron chi connectivity index (χ4n) is 2.82. The quantitative estimate of drug-likeness (QED) is 0.787. The van der Waals surface area contributed by atoms with E-state index in [2.05, 4.69) is 55.7 Å². The number of benzene rings is 1. The van der Waals surface area contributed by atoms with Gasteiger partial charge in [-0.15, -0.1) is 0 Å².